The Balaban J connectivity index is 2.02. The van der Waals surface area contributed by atoms with Crippen LogP contribution in [0.4, 0.5) is 5.00 Å². The van der Waals surface area contributed by atoms with E-state index in [9.17, 15) is 9.90 Å². The number of phenolic OH excluding ortho intramolecular Hbond substituents is 1. The molecule has 0 aliphatic carbocycles. The first kappa shape index (κ1) is 20.4. The Hall–Kier alpha value is -2.38. The van der Waals surface area contributed by atoms with E-state index in [0.717, 1.165) is 25.1 Å². The second-order valence-electron chi connectivity index (χ2n) is 7.98. The normalized spacial score (nSPS) is 16.8. The molecule has 0 bridgehead atoms. The molecule has 28 heavy (non-hydrogen) atoms. The topological polar surface area (TPSA) is 72.6 Å². The summed E-state index contributed by atoms with van der Waals surface area (Å²) in [6.07, 6.45) is 2.39. The second kappa shape index (κ2) is 7.93. The van der Waals surface area contributed by atoms with E-state index in [0.29, 0.717) is 21.9 Å². The molecule has 1 aromatic carbocycles. The summed E-state index contributed by atoms with van der Waals surface area (Å²) in [5.41, 5.74) is 1.56. The first-order valence-electron chi connectivity index (χ1n) is 9.29. The molecule has 2 heterocycles. The number of quaternary nitrogens is 1. The van der Waals surface area contributed by atoms with Gasteiger partial charge in [-0.1, -0.05) is 6.07 Å². The molecule has 0 amide bonds. The monoisotopic (exact) mass is 403 g/mol. The largest absolute Gasteiger partial charge is 0.504 e. The van der Waals surface area contributed by atoms with Crippen molar-refractivity contribution in [3.63, 3.8) is 0 Å². The van der Waals surface area contributed by atoms with Crippen LogP contribution in [0.1, 0.15) is 47.1 Å². The molecule has 2 N–H and O–H groups in total. The summed E-state index contributed by atoms with van der Waals surface area (Å²) < 4.78 is 10.8. The Morgan fingerprint density at radius 2 is 2.11 bits per heavy atom. The number of aliphatic imine (C=N–C) groups is 1. The van der Waals surface area contributed by atoms with E-state index in [2.05, 4.69) is 12.0 Å². The van der Waals surface area contributed by atoms with Gasteiger partial charge in [0.05, 0.1) is 25.6 Å². The van der Waals surface area contributed by atoms with Crippen LogP contribution in [0.5, 0.6) is 11.5 Å². The van der Waals surface area contributed by atoms with E-state index >= 15 is 0 Å². The minimum Gasteiger partial charge on any atom is -0.504 e. The molecule has 0 radical (unpaired) electrons. The maximum absolute atomic E-state index is 12.9. The fraction of sp³-hybridized carbons (Fsp3) is 0.429. The molecule has 0 fully saturated rings. The number of carbonyl (C=O) groups excluding carboxylic acids is 1. The number of hydrogen-bond acceptors (Lipinski definition) is 6. The highest BCUT2D eigenvalue weighted by Gasteiger charge is 2.31. The van der Waals surface area contributed by atoms with Crippen LogP contribution in [0.15, 0.2) is 23.2 Å². The minimum atomic E-state index is -0.575. The molecule has 1 aromatic heterocycles. The van der Waals surface area contributed by atoms with Gasteiger partial charge in [-0.05, 0) is 38.5 Å². The van der Waals surface area contributed by atoms with E-state index in [-0.39, 0.29) is 11.7 Å². The highest BCUT2D eigenvalue weighted by Crippen LogP contribution is 2.38. The average molecular weight is 404 g/mol. The third-order valence-electron chi connectivity index (χ3n) is 4.51. The first-order chi connectivity index (χ1) is 13.2. The van der Waals surface area contributed by atoms with Crippen molar-refractivity contribution >= 4 is 28.5 Å². The molecular formula is C21H27N2O4S+. The molecule has 1 aliphatic rings. The summed E-state index contributed by atoms with van der Waals surface area (Å²) in [5.74, 6) is 0.0663. The standard InChI is InChI=1S/C21H26N2O4S/c1-21(2,3)27-20(25)17-14-9-10-23(4)12-16(14)28-19(17)22-11-13-7-6-8-15(26-5)18(13)24/h6-8,11,24H,9-10,12H2,1-5H3/p+1/b22-11+. The summed E-state index contributed by atoms with van der Waals surface area (Å²) in [4.78, 5) is 20.1. The van der Waals surface area contributed by atoms with Gasteiger partial charge in [-0.3, -0.25) is 0 Å². The van der Waals surface area contributed by atoms with Crippen LogP contribution in [0.2, 0.25) is 0 Å². The number of esters is 1. The van der Waals surface area contributed by atoms with Gasteiger partial charge >= 0.3 is 5.97 Å². The van der Waals surface area contributed by atoms with Gasteiger partial charge in [0.15, 0.2) is 11.5 Å². The van der Waals surface area contributed by atoms with Crippen LogP contribution in [0.25, 0.3) is 0 Å². The van der Waals surface area contributed by atoms with Crippen molar-refractivity contribution in [2.75, 3.05) is 20.7 Å². The van der Waals surface area contributed by atoms with Crippen molar-refractivity contribution < 1.29 is 24.3 Å². The van der Waals surface area contributed by atoms with Crippen molar-refractivity contribution in [1.29, 1.82) is 0 Å². The third kappa shape index (κ3) is 4.36. The molecule has 3 rings (SSSR count). The van der Waals surface area contributed by atoms with Gasteiger partial charge in [0.25, 0.3) is 0 Å². The number of hydrogen-bond donors (Lipinski definition) is 2. The van der Waals surface area contributed by atoms with Gasteiger partial charge in [-0.15, -0.1) is 11.3 Å². The number of benzene rings is 1. The minimum absolute atomic E-state index is 0.0260. The predicted octanol–water partition coefficient (Wildman–Crippen LogP) is 2.74. The summed E-state index contributed by atoms with van der Waals surface area (Å²) in [6.45, 7) is 7.42. The number of carbonyl (C=O) groups is 1. The van der Waals surface area contributed by atoms with Crippen LogP contribution in [0, 0.1) is 0 Å². The van der Waals surface area contributed by atoms with E-state index in [1.807, 2.05) is 20.8 Å². The summed E-state index contributed by atoms with van der Waals surface area (Å²) in [5, 5.41) is 10.9. The third-order valence-corrected chi connectivity index (χ3v) is 5.65. The Labute approximate surface area is 169 Å². The number of thiophene rings is 1. The summed E-state index contributed by atoms with van der Waals surface area (Å²) in [7, 11) is 3.65. The molecule has 1 unspecified atom stereocenters. The fourth-order valence-corrected chi connectivity index (χ4v) is 4.47. The maximum Gasteiger partial charge on any atom is 0.342 e. The molecule has 1 aliphatic heterocycles. The number of fused-ring (bicyclic) bond motifs is 1. The Bertz CT molecular complexity index is 912. The van der Waals surface area contributed by atoms with E-state index in [1.54, 1.807) is 24.4 Å². The van der Waals surface area contributed by atoms with E-state index < -0.39 is 5.60 Å². The van der Waals surface area contributed by atoms with Gasteiger partial charge in [0.2, 0.25) is 0 Å². The predicted molar refractivity (Wildman–Crippen MR) is 111 cm³/mol. The molecule has 7 heteroatoms. The number of aromatic hydroxyl groups is 1. The van der Waals surface area contributed by atoms with Gasteiger partial charge in [0.1, 0.15) is 22.7 Å². The number of para-hydroxylation sites is 1. The highest BCUT2D eigenvalue weighted by molar-refractivity contribution is 7.16. The average Bonchev–Trinajstić information content (AvgIpc) is 2.96. The molecule has 1 atom stereocenters. The lowest BCUT2D eigenvalue weighted by atomic mass is 10.0. The first-order valence-corrected chi connectivity index (χ1v) is 10.1. The van der Waals surface area contributed by atoms with Crippen molar-refractivity contribution in [2.24, 2.45) is 4.99 Å². The van der Waals surface area contributed by atoms with Crippen molar-refractivity contribution in [3.05, 3.63) is 39.8 Å². The van der Waals surface area contributed by atoms with Gasteiger partial charge in [0, 0.05) is 18.2 Å². The summed E-state index contributed by atoms with van der Waals surface area (Å²) >= 11 is 1.52. The highest BCUT2D eigenvalue weighted by atomic mass is 32.1. The van der Waals surface area contributed by atoms with Gasteiger partial charge < -0.3 is 19.5 Å². The molecule has 2 aromatic rings. The van der Waals surface area contributed by atoms with E-state index in [4.69, 9.17) is 9.47 Å². The molecule has 6 nitrogen and oxygen atoms in total. The zero-order valence-corrected chi connectivity index (χ0v) is 17.8. The van der Waals surface area contributed by atoms with Crippen LogP contribution < -0.4 is 9.64 Å². The lowest BCUT2D eigenvalue weighted by molar-refractivity contribution is -0.895. The SMILES string of the molecule is COc1cccc(/C=N/c2sc3c(c2C(=O)OC(C)(C)C)CC[NH+](C)C3)c1O. The van der Waals surface area contributed by atoms with Crippen LogP contribution in [0.3, 0.4) is 0 Å². The van der Waals surface area contributed by atoms with Gasteiger partial charge in [-0.2, -0.15) is 0 Å². The quantitative estimate of drug-likeness (QED) is 0.608. The van der Waals surface area contributed by atoms with Crippen LogP contribution in [-0.2, 0) is 17.7 Å². The number of phenols is 1. The molecule has 150 valence electrons. The van der Waals surface area contributed by atoms with Crippen molar-refractivity contribution in [1.82, 2.24) is 0 Å². The van der Waals surface area contributed by atoms with Crippen LogP contribution in [-0.4, -0.2) is 43.6 Å². The van der Waals surface area contributed by atoms with Crippen LogP contribution >= 0.6 is 11.3 Å². The Kier molecular flexibility index (Phi) is 5.76. The molecule has 0 spiro atoms. The summed E-state index contributed by atoms with van der Waals surface area (Å²) in [6, 6.07) is 5.22. The fourth-order valence-electron chi connectivity index (χ4n) is 3.17. The number of likely N-dealkylation sites (N-methyl/N-ethyl adjacent to an activating group) is 1. The molecule has 0 saturated heterocycles. The van der Waals surface area contributed by atoms with E-state index in [1.165, 1.54) is 28.2 Å². The zero-order valence-electron chi connectivity index (χ0n) is 17.0. The Morgan fingerprint density at radius 3 is 2.79 bits per heavy atom. The molecular weight excluding hydrogens is 376 g/mol. The Morgan fingerprint density at radius 1 is 1.36 bits per heavy atom. The zero-order chi connectivity index (χ0) is 20.5. The number of rotatable bonds is 4. The smallest absolute Gasteiger partial charge is 0.342 e. The number of nitrogens with zero attached hydrogens (tertiary/aromatic N) is 1. The number of nitrogens with one attached hydrogen (secondary N) is 1. The lowest BCUT2D eigenvalue weighted by Gasteiger charge is -2.22. The van der Waals surface area contributed by atoms with Crippen molar-refractivity contribution in [3.8, 4) is 11.5 Å². The molecule has 0 saturated carbocycles. The second-order valence-corrected chi connectivity index (χ2v) is 9.06. The lowest BCUT2D eigenvalue weighted by Crippen LogP contribution is -3.08. The number of ether oxygens (including phenoxy) is 2. The van der Waals surface area contributed by atoms with Gasteiger partial charge in [-0.25, -0.2) is 9.79 Å². The van der Waals surface area contributed by atoms with Crippen molar-refractivity contribution in [2.45, 2.75) is 39.3 Å². The maximum atomic E-state index is 12.9. The number of methoxy groups -OCH3 is 1.